The molecule has 3 aromatic rings. The molecule has 7 nitrogen and oxygen atoms in total. The van der Waals surface area contributed by atoms with E-state index in [9.17, 15) is 9.90 Å². The van der Waals surface area contributed by atoms with Gasteiger partial charge in [-0.05, 0) is 36.2 Å². The fraction of sp³-hybridized carbons (Fsp3) is 0.261. The van der Waals surface area contributed by atoms with E-state index in [-0.39, 0.29) is 0 Å². The maximum absolute atomic E-state index is 10.6. The molecule has 0 bridgehead atoms. The van der Waals surface area contributed by atoms with Crippen molar-refractivity contribution < 1.29 is 19.4 Å². The molecule has 0 unspecified atom stereocenters. The van der Waals surface area contributed by atoms with Crippen LogP contribution in [-0.2, 0) is 16.1 Å². The number of carbonyl (C=O) groups is 1. The highest BCUT2D eigenvalue weighted by Crippen LogP contribution is 2.24. The van der Waals surface area contributed by atoms with E-state index in [1.165, 1.54) is 0 Å². The van der Waals surface area contributed by atoms with Crippen LogP contribution in [0.3, 0.4) is 0 Å². The number of halogens is 1. The standard InChI is InChI=1S/C23H24ClN3O4/c1-16-11-17(3-8-21(16)31-15-23(28)29)14-27(9-10-30-2)22-13-25-12-20(26-22)18-4-6-19(24)7-5-18/h3-8,11-13H,9-10,14-15H2,1-2H3,(H,28,29)/p-1. The van der Waals surface area contributed by atoms with Gasteiger partial charge in [0.15, 0.2) is 0 Å². The molecule has 31 heavy (non-hydrogen) atoms. The molecule has 8 heteroatoms. The quantitative estimate of drug-likeness (QED) is 0.479. The Hall–Kier alpha value is -3.16. The number of nitrogens with zero attached hydrogens (tertiary/aromatic N) is 3. The third kappa shape index (κ3) is 6.41. The van der Waals surface area contributed by atoms with Gasteiger partial charge in [0.2, 0.25) is 0 Å². The van der Waals surface area contributed by atoms with Gasteiger partial charge < -0.3 is 24.3 Å². The van der Waals surface area contributed by atoms with Crippen molar-refractivity contribution in [3.63, 3.8) is 0 Å². The fourth-order valence-corrected chi connectivity index (χ4v) is 3.20. The van der Waals surface area contributed by atoms with Gasteiger partial charge in [0, 0.05) is 30.8 Å². The van der Waals surface area contributed by atoms with E-state index in [4.69, 9.17) is 26.1 Å². The number of anilines is 1. The minimum Gasteiger partial charge on any atom is -0.546 e. The zero-order chi connectivity index (χ0) is 22.2. The van der Waals surface area contributed by atoms with Crippen molar-refractivity contribution >= 4 is 23.4 Å². The Kier molecular flexibility index (Phi) is 7.81. The molecule has 0 amide bonds. The first-order valence-electron chi connectivity index (χ1n) is 9.70. The lowest BCUT2D eigenvalue weighted by Crippen LogP contribution is -2.29. The van der Waals surface area contributed by atoms with Crippen molar-refractivity contribution in [3.05, 3.63) is 71.0 Å². The maximum atomic E-state index is 10.6. The monoisotopic (exact) mass is 440 g/mol. The van der Waals surface area contributed by atoms with Crippen LogP contribution in [0.15, 0.2) is 54.9 Å². The third-order valence-corrected chi connectivity index (χ3v) is 4.86. The Morgan fingerprint density at radius 2 is 1.94 bits per heavy atom. The largest absolute Gasteiger partial charge is 0.546 e. The molecule has 3 rings (SSSR count). The van der Waals surface area contributed by atoms with Gasteiger partial charge in [-0.1, -0.05) is 35.9 Å². The summed E-state index contributed by atoms with van der Waals surface area (Å²) >= 11 is 5.99. The number of carbonyl (C=O) groups excluding carboxylic acids is 1. The SMILES string of the molecule is COCCN(Cc1ccc(OCC(=O)[O-])c(C)c1)c1cncc(-c2ccc(Cl)cc2)n1. The second-order valence-corrected chi connectivity index (χ2v) is 7.38. The Bertz CT molecular complexity index is 1030. The summed E-state index contributed by atoms with van der Waals surface area (Å²) < 4.78 is 10.5. The molecule has 0 aliphatic rings. The van der Waals surface area contributed by atoms with Crippen molar-refractivity contribution in [1.29, 1.82) is 0 Å². The Labute approximate surface area is 186 Å². The summed E-state index contributed by atoms with van der Waals surface area (Å²) in [5.41, 5.74) is 3.54. The van der Waals surface area contributed by atoms with Crippen LogP contribution in [0.5, 0.6) is 5.75 Å². The molecule has 0 saturated carbocycles. The molecule has 162 valence electrons. The van der Waals surface area contributed by atoms with E-state index >= 15 is 0 Å². The van der Waals surface area contributed by atoms with Crippen LogP contribution >= 0.6 is 11.6 Å². The number of carboxylic acids is 1. The number of methoxy groups -OCH3 is 1. The van der Waals surface area contributed by atoms with Gasteiger partial charge in [0.1, 0.15) is 18.2 Å². The minimum absolute atomic E-state index is 0.479. The predicted molar refractivity (Wildman–Crippen MR) is 117 cm³/mol. The second kappa shape index (κ2) is 10.7. The Balaban J connectivity index is 1.82. The number of benzene rings is 2. The van der Waals surface area contributed by atoms with E-state index in [0.29, 0.717) is 30.5 Å². The van der Waals surface area contributed by atoms with Gasteiger partial charge in [-0.25, -0.2) is 4.98 Å². The molecular weight excluding hydrogens is 418 g/mol. The van der Waals surface area contributed by atoms with Gasteiger partial charge in [0.25, 0.3) is 0 Å². The van der Waals surface area contributed by atoms with Crippen LogP contribution in [0.2, 0.25) is 5.02 Å². The van der Waals surface area contributed by atoms with Gasteiger partial charge in [0.05, 0.1) is 30.7 Å². The summed E-state index contributed by atoms with van der Waals surface area (Å²) in [5, 5.41) is 11.3. The molecular formula is C23H23ClN3O4-. The van der Waals surface area contributed by atoms with E-state index in [1.807, 2.05) is 43.3 Å². The summed E-state index contributed by atoms with van der Waals surface area (Å²) in [4.78, 5) is 21.8. The van der Waals surface area contributed by atoms with Crippen LogP contribution in [0.1, 0.15) is 11.1 Å². The first kappa shape index (κ1) is 22.5. The highest BCUT2D eigenvalue weighted by Gasteiger charge is 2.12. The molecule has 0 atom stereocenters. The third-order valence-electron chi connectivity index (χ3n) is 4.61. The number of aromatic nitrogens is 2. The zero-order valence-electron chi connectivity index (χ0n) is 17.4. The normalized spacial score (nSPS) is 10.7. The number of aliphatic carboxylic acids is 1. The van der Waals surface area contributed by atoms with Crippen molar-refractivity contribution in [2.45, 2.75) is 13.5 Å². The molecule has 1 heterocycles. The smallest absolute Gasteiger partial charge is 0.148 e. The van der Waals surface area contributed by atoms with Crippen LogP contribution in [0.25, 0.3) is 11.3 Å². The van der Waals surface area contributed by atoms with E-state index in [1.54, 1.807) is 25.6 Å². The summed E-state index contributed by atoms with van der Waals surface area (Å²) in [5.74, 6) is -0.0197. The molecule has 0 radical (unpaired) electrons. The van der Waals surface area contributed by atoms with E-state index in [0.717, 1.165) is 28.2 Å². The number of ether oxygens (including phenoxy) is 2. The van der Waals surface area contributed by atoms with Gasteiger partial charge in [-0.3, -0.25) is 4.98 Å². The zero-order valence-corrected chi connectivity index (χ0v) is 18.1. The molecule has 0 aliphatic carbocycles. The highest BCUT2D eigenvalue weighted by atomic mass is 35.5. The molecule has 0 spiro atoms. The molecule has 0 fully saturated rings. The Morgan fingerprint density at radius 1 is 1.16 bits per heavy atom. The van der Waals surface area contributed by atoms with Gasteiger partial charge >= 0.3 is 0 Å². The van der Waals surface area contributed by atoms with Gasteiger partial charge in [-0.2, -0.15) is 0 Å². The lowest BCUT2D eigenvalue weighted by molar-refractivity contribution is -0.307. The summed E-state index contributed by atoms with van der Waals surface area (Å²) in [7, 11) is 1.65. The lowest BCUT2D eigenvalue weighted by Gasteiger charge is -2.24. The average molecular weight is 441 g/mol. The topological polar surface area (TPSA) is 87.6 Å². The van der Waals surface area contributed by atoms with E-state index in [2.05, 4.69) is 9.88 Å². The summed E-state index contributed by atoms with van der Waals surface area (Å²) in [6, 6.07) is 13.1. The first-order chi connectivity index (χ1) is 15.0. The number of hydrogen-bond donors (Lipinski definition) is 0. The number of aryl methyl sites for hydroxylation is 1. The molecule has 0 saturated heterocycles. The second-order valence-electron chi connectivity index (χ2n) is 6.94. The van der Waals surface area contributed by atoms with Crippen molar-refractivity contribution in [3.8, 4) is 17.0 Å². The van der Waals surface area contributed by atoms with Gasteiger partial charge in [-0.15, -0.1) is 0 Å². The van der Waals surface area contributed by atoms with Crippen molar-refractivity contribution in [2.24, 2.45) is 0 Å². The number of rotatable bonds is 10. The van der Waals surface area contributed by atoms with E-state index < -0.39 is 12.6 Å². The molecule has 2 aromatic carbocycles. The number of carboxylic acid groups (broad SMARTS) is 1. The molecule has 0 N–H and O–H groups in total. The van der Waals surface area contributed by atoms with Crippen LogP contribution in [-0.4, -0.2) is 42.8 Å². The minimum atomic E-state index is -1.26. The van der Waals surface area contributed by atoms with Crippen LogP contribution in [0.4, 0.5) is 5.82 Å². The van der Waals surface area contributed by atoms with Crippen LogP contribution < -0.4 is 14.7 Å². The Morgan fingerprint density at radius 3 is 2.61 bits per heavy atom. The van der Waals surface area contributed by atoms with Crippen molar-refractivity contribution in [2.75, 3.05) is 31.8 Å². The highest BCUT2D eigenvalue weighted by molar-refractivity contribution is 6.30. The summed E-state index contributed by atoms with van der Waals surface area (Å²) in [6.45, 7) is 3.11. The fourth-order valence-electron chi connectivity index (χ4n) is 3.07. The lowest BCUT2D eigenvalue weighted by atomic mass is 10.1. The first-order valence-corrected chi connectivity index (χ1v) is 10.1. The molecule has 1 aromatic heterocycles. The number of hydrogen-bond acceptors (Lipinski definition) is 7. The van der Waals surface area contributed by atoms with Crippen molar-refractivity contribution in [1.82, 2.24) is 9.97 Å². The van der Waals surface area contributed by atoms with Crippen LogP contribution in [0, 0.1) is 6.92 Å². The molecule has 0 aliphatic heterocycles. The maximum Gasteiger partial charge on any atom is 0.148 e. The average Bonchev–Trinajstić information content (AvgIpc) is 2.76. The summed E-state index contributed by atoms with van der Waals surface area (Å²) in [6.07, 6.45) is 3.44. The predicted octanol–water partition coefficient (Wildman–Crippen LogP) is 2.89.